The van der Waals surface area contributed by atoms with Crippen LogP contribution in [-0.4, -0.2) is 66.9 Å². The van der Waals surface area contributed by atoms with Gasteiger partial charge in [0.05, 0.1) is 6.61 Å². The van der Waals surface area contributed by atoms with Crippen molar-refractivity contribution in [3.8, 4) is 0 Å². The minimum atomic E-state index is -1.28. The number of amides is 2. The Hall–Kier alpha value is -1.34. The highest BCUT2D eigenvalue weighted by Gasteiger charge is 2.22. The summed E-state index contributed by atoms with van der Waals surface area (Å²) in [5, 5.41) is 22.2. The lowest BCUT2D eigenvalue weighted by atomic mass is 9.93. The molecule has 106 valence electrons. The van der Waals surface area contributed by atoms with Gasteiger partial charge in [0.15, 0.2) is 6.04 Å². The quantitative estimate of drug-likeness (QED) is 0.486. The van der Waals surface area contributed by atoms with Crippen molar-refractivity contribution in [2.75, 3.05) is 33.8 Å². The number of hydrogen-bond acceptors (Lipinski definition) is 4. The molecule has 0 spiro atoms. The summed E-state index contributed by atoms with van der Waals surface area (Å²) >= 11 is 0. The summed E-state index contributed by atoms with van der Waals surface area (Å²) in [6, 6.07) is -1.87. The summed E-state index contributed by atoms with van der Waals surface area (Å²) in [5.41, 5.74) is -0.126. The third kappa shape index (κ3) is 7.08. The van der Waals surface area contributed by atoms with Crippen molar-refractivity contribution in [1.82, 2.24) is 15.5 Å². The maximum absolute atomic E-state index is 11.4. The standard InChI is InChI=1S/C11H23N3O4/c1-11(2,7-14(3)4)6-12-10(18)13-8(5-15)9(16)17/h8,15H,5-7H2,1-4H3,(H,16,17)(H2,12,13,18)/t8-/m0/s1. The zero-order valence-corrected chi connectivity index (χ0v) is 11.4. The lowest BCUT2D eigenvalue weighted by Crippen LogP contribution is -2.50. The first-order chi connectivity index (χ1) is 8.18. The highest BCUT2D eigenvalue weighted by atomic mass is 16.4. The number of aliphatic hydroxyl groups excluding tert-OH is 1. The van der Waals surface area contributed by atoms with Crippen molar-refractivity contribution in [2.45, 2.75) is 19.9 Å². The van der Waals surface area contributed by atoms with Gasteiger partial charge in [-0.05, 0) is 19.5 Å². The molecule has 0 unspecified atom stereocenters. The van der Waals surface area contributed by atoms with Crippen LogP contribution in [-0.2, 0) is 4.79 Å². The van der Waals surface area contributed by atoms with E-state index in [1.807, 2.05) is 32.8 Å². The number of carbonyl (C=O) groups excluding carboxylic acids is 1. The first-order valence-corrected chi connectivity index (χ1v) is 5.70. The zero-order chi connectivity index (χ0) is 14.3. The van der Waals surface area contributed by atoms with E-state index in [0.29, 0.717) is 6.54 Å². The van der Waals surface area contributed by atoms with Gasteiger partial charge in [0.1, 0.15) is 0 Å². The van der Waals surface area contributed by atoms with Gasteiger partial charge in [0, 0.05) is 13.1 Å². The van der Waals surface area contributed by atoms with Gasteiger partial charge < -0.3 is 25.7 Å². The monoisotopic (exact) mass is 261 g/mol. The molecule has 1 atom stereocenters. The number of aliphatic hydroxyl groups is 1. The van der Waals surface area contributed by atoms with Crippen molar-refractivity contribution in [1.29, 1.82) is 0 Å². The number of rotatable bonds is 7. The van der Waals surface area contributed by atoms with Crippen molar-refractivity contribution in [2.24, 2.45) is 5.41 Å². The molecule has 0 aromatic heterocycles. The Kier molecular flexibility index (Phi) is 6.64. The van der Waals surface area contributed by atoms with E-state index in [1.54, 1.807) is 0 Å². The minimum absolute atomic E-state index is 0.126. The van der Waals surface area contributed by atoms with E-state index in [2.05, 4.69) is 10.6 Å². The number of hydrogen-bond donors (Lipinski definition) is 4. The second kappa shape index (κ2) is 7.17. The molecule has 2 amide bonds. The SMILES string of the molecule is CN(C)CC(C)(C)CNC(=O)N[C@@H](CO)C(=O)O. The van der Waals surface area contributed by atoms with Crippen molar-refractivity contribution in [3.05, 3.63) is 0 Å². The van der Waals surface area contributed by atoms with Gasteiger partial charge in [-0.1, -0.05) is 13.8 Å². The highest BCUT2D eigenvalue weighted by Crippen LogP contribution is 2.13. The number of urea groups is 1. The molecule has 0 radical (unpaired) electrons. The van der Waals surface area contributed by atoms with Crippen molar-refractivity contribution in [3.63, 3.8) is 0 Å². The fourth-order valence-corrected chi connectivity index (χ4v) is 1.63. The fourth-order valence-electron chi connectivity index (χ4n) is 1.63. The molecule has 0 heterocycles. The lowest BCUT2D eigenvalue weighted by Gasteiger charge is -2.28. The van der Waals surface area contributed by atoms with E-state index in [9.17, 15) is 9.59 Å². The lowest BCUT2D eigenvalue weighted by molar-refractivity contribution is -0.140. The van der Waals surface area contributed by atoms with Gasteiger partial charge in [-0.3, -0.25) is 0 Å². The molecule has 0 saturated heterocycles. The number of nitrogens with one attached hydrogen (secondary N) is 2. The normalized spacial score (nSPS) is 13.2. The number of nitrogens with zero attached hydrogens (tertiary/aromatic N) is 1. The third-order valence-electron chi connectivity index (χ3n) is 2.26. The Labute approximate surface area is 107 Å². The smallest absolute Gasteiger partial charge is 0.328 e. The molecule has 0 bridgehead atoms. The molecule has 0 rings (SSSR count). The Morgan fingerprint density at radius 3 is 2.28 bits per heavy atom. The molecular formula is C11H23N3O4. The predicted molar refractivity (Wildman–Crippen MR) is 67.4 cm³/mol. The van der Waals surface area contributed by atoms with Crippen LogP contribution in [0.15, 0.2) is 0 Å². The number of carbonyl (C=O) groups is 2. The summed E-state index contributed by atoms with van der Waals surface area (Å²) in [4.78, 5) is 24.0. The Morgan fingerprint density at radius 2 is 1.89 bits per heavy atom. The van der Waals surface area contributed by atoms with E-state index in [1.165, 1.54) is 0 Å². The van der Waals surface area contributed by atoms with Gasteiger partial charge in [-0.15, -0.1) is 0 Å². The van der Waals surface area contributed by atoms with Crippen molar-refractivity contribution < 1.29 is 19.8 Å². The average molecular weight is 261 g/mol. The molecule has 0 fully saturated rings. The van der Waals surface area contributed by atoms with E-state index in [-0.39, 0.29) is 5.41 Å². The maximum Gasteiger partial charge on any atom is 0.328 e. The van der Waals surface area contributed by atoms with Crippen LogP contribution in [0.5, 0.6) is 0 Å². The second-order valence-electron chi connectivity index (χ2n) is 5.30. The average Bonchev–Trinajstić information content (AvgIpc) is 2.21. The van der Waals surface area contributed by atoms with Gasteiger partial charge in [-0.25, -0.2) is 9.59 Å². The van der Waals surface area contributed by atoms with E-state index in [0.717, 1.165) is 6.54 Å². The number of carboxylic acid groups (broad SMARTS) is 1. The molecule has 7 heteroatoms. The molecule has 0 aliphatic carbocycles. The molecule has 0 aliphatic heterocycles. The Morgan fingerprint density at radius 1 is 1.33 bits per heavy atom. The van der Waals surface area contributed by atoms with Gasteiger partial charge in [0.2, 0.25) is 0 Å². The van der Waals surface area contributed by atoms with Crippen LogP contribution >= 0.6 is 0 Å². The third-order valence-corrected chi connectivity index (χ3v) is 2.26. The molecule has 7 nitrogen and oxygen atoms in total. The minimum Gasteiger partial charge on any atom is -0.480 e. The van der Waals surface area contributed by atoms with Crippen LogP contribution in [0.1, 0.15) is 13.8 Å². The van der Waals surface area contributed by atoms with Gasteiger partial charge in [-0.2, -0.15) is 0 Å². The number of carboxylic acids is 1. The largest absolute Gasteiger partial charge is 0.480 e. The first kappa shape index (κ1) is 16.7. The number of aliphatic carboxylic acids is 1. The van der Waals surface area contributed by atoms with Crippen LogP contribution in [0.25, 0.3) is 0 Å². The first-order valence-electron chi connectivity index (χ1n) is 5.70. The maximum atomic E-state index is 11.4. The van der Waals surface area contributed by atoms with Crippen LogP contribution in [0.4, 0.5) is 4.79 Å². The molecule has 0 aromatic carbocycles. The summed E-state index contributed by atoms with van der Waals surface area (Å²) in [7, 11) is 3.88. The van der Waals surface area contributed by atoms with Gasteiger partial charge >= 0.3 is 12.0 Å². The zero-order valence-electron chi connectivity index (χ0n) is 11.4. The molecule has 0 saturated carbocycles. The fraction of sp³-hybridized carbons (Fsp3) is 0.818. The molecule has 0 aromatic rings. The van der Waals surface area contributed by atoms with Crippen molar-refractivity contribution >= 4 is 12.0 Å². The van der Waals surface area contributed by atoms with E-state index in [4.69, 9.17) is 10.2 Å². The highest BCUT2D eigenvalue weighted by molar-refractivity contribution is 5.82. The topological polar surface area (TPSA) is 102 Å². The summed E-state index contributed by atoms with van der Waals surface area (Å²) in [6.07, 6.45) is 0. The molecule has 18 heavy (non-hydrogen) atoms. The molecular weight excluding hydrogens is 238 g/mol. The van der Waals surface area contributed by atoms with E-state index >= 15 is 0 Å². The van der Waals surface area contributed by atoms with Crippen LogP contribution in [0, 0.1) is 5.41 Å². The van der Waals surface area contributed by atoms with E-state index < -0.39 is 24.6 Å². The Bertz CT molecular complexity index is 292. The Balaban J connectivity index is 4.14. The second-order valence-corrected chi connectivity index (χ2v) is 5.30. The van der Waals surface area contributed by atoms with Crippen LogP contribution in [0.2, 0.25) is 0 Å². The summed E-state index contributed by atoms with van der Waals surface area (Å²) in [5.74, 6) is -1.26. The summed E-state index contributed by atoms with van der Waals surface area (Å²) < 4.78 is 0. The van der Waals surface area contributed by atoms with Crippen LogP contribution in [0.3, 0.4) is 0 Å². The van der Waals surface area contributed by atoms with Crippen LogP contribution < -0.4 is 10.6 Å². The summed E-state index contributed by atoms with van der Waals surface area (Å²) in [6.45, 7) is 4.55. The molecule has 4 N–H and O–H groups in total. The molecule has 0 aliphatic rings. The predicted octanol–water partition coefficient (Wildman–Crippen LogP) is -0.681. The van der Waals surface area contributed by atoms with Gasteiger partial charge in [0.25, 0.3) is 0 Å².